The minimum Gasteiger partial charge on any atom is -0.354 e. The third-order valence-corrected chi connectivity index (χ3v) is 3.57. The Labute approximate surface area is 128 Å². The quantitative estimate of drug-likeness (QED) is 0.870. The van der Waals surface area contributed by atoms with E-state index < -0.39 is 11.3 Å². The molecule has 0 aliphatic carbocycles. The fourth-order valence-corrected chi connectivity index (χ4v) is 2.30. The molecule has 6 heteroatoms. The average molecular weight is 309 g/mol. The van der Waals surface area contributed by atoms with Crippen LogP contribution in [0.25, 0.3) is 0 Å². The molecule has 0 radical (unpaired) electrons. The second-order valence-corrected chi connectivity index (χ2v) is 6.34. The Kier molecular flexibility index (Phi) is 4.05. The Morgan fingerprint density at radius 2 is 1.90 bits per heavy atom. The highest BCUT2D eigenvalue weighted by atomic mass is 35.5. The first-order chi connectivity index (χ1) is 9.73. The number of carbonyl (C=O) groups is 3. The molecule has 2 rings (SSSR count). The van der Waals surface area contributed by atoms with Crippen molar-refractivity contribution in [1.82, 2.24) is 10.2 Å². The Morgan fingerprint density at radius 1 is 1.24 bits per heavy atom. The molecular formula is C15H17ClN2O3. The molecule has 21 heavy (non-hydrogen) atoms. The first-order valence-electron chi connectivity index (χ1n) is 6.66. The summed E-state index contributed by atoms with van der Waals surface area (Å²) in [5.74, 6) is -0.912. The van der Waals surface area contributed by atoms with Crippen molar-refractivity contribution in [3.8, 4) is 0 Å². The standard InChI is InChI=1S/C15H17ClN2O3/c1-15(2,3)14(21)17-7-8-18-12(19)9-5-4-6-10(16)11(9)13(18)20/h4-6H,7-8H2,1-3H3,(H,17,21). The molecule has 1 N–H and O–H groups in total. The topological polar surface area (TPSA) is 66.5 Å². The van der Waals surface area contributed by atoms with Crippen LogP contribution in [-0.2, 0) is 4.79 Å². The fraction of sp³-hybridized carbons (Fsp3) is 0.400. The first kappa shape index (κ1) is 15.5. The number of amides is 3. The van der Waals surface area contributed by atoms with E-state index in [0.717, 1.165) is 4.90 Å². The van der Waals surface area contributed by atoms with E-state index in [1.54, 1.807) is 39.0 Å². The molecule has 0 spiro atoms. The van der Waals surface area contributed by atoms with E-state index in [4.69, 9.17) is 11.6 Å². The predicted octanol–water partition coefficient (Wildman–Crippen LogP) is 2.10. The number of nitrogens with one attached hydrogen (secondary N) is 1. The van der Waals surface area contributed by atoms with Crippen molar-refractivity contribution in [2.75, 3.05) is 13.1 Å². The number of halogens is 1. The highest BCUT2D eigenvalue weighted by Gasteiger charge is 2.36. The number of rotatable bonds is 3. The summed E-state index contributed by atoms with van der Waals surface area (Å²) in [5.41, 5.74) is 0.0478. The molecule has 0 unspecified atom stereocenters. The van der Waals surface area contributed by atoms with Crippen LogP contribution in [0.5, 0.6) is 0 Å². The van der Waals surface area contributed by atoms with E-state index in [1.165, 1.54) is 0 Å². The maximum atomic E-state index is 12.2. The zero-order valence-corrected chi connectivity index (χ0v) is 13.0. The lowest BCUT2D eigenvalue weighted by Gasteiger charge is -2.19. The smallest absolute Gasteiger partial charge is 0.263 e. The third kappa shape index (κ3) is 2.93. The number of carbonyl (C=O) groups excluding carboxylic acids is 3. The number of fused-ring (bicyclic) bond motifs is 1. The van der Waals surface area contributed by atoms with E-state index in [0.29, 0.717) is 5.56 Å². The first-order valence-corrected chi connectivity index (χ1v) is 7.04. The molecule has 0 aromatic heterocycles. The molecule has 0 saturated heterocycles. The molecule has 1 aromatic rings. The summed E-state index contributed by atoms with van der Waals surface area (Å²) < 4.78 is 0. The van der Waals surface area contributed by atoms with E-state index in [-0.39, 0.29) is 35.5 Å². The average Bonchev–Trinajstić information content (AvgIpc) is 2.63. The molecule has 1 aliphatic heterocycles. The molecule has 1 heterocycles. The van der Waals surface area contributed by atoms with Crippen molar-refractivity contribution in [2.24, 2.45) is 5.41 Å². The number of nitrogens with zero attached hydrogens (tertiary/aromatic N) is 1. The van der Waals surface area contributed by atoms with Crippen molar-refractivity contribution in [3.05, 3.63) is 34.3 Å². The molecule has 5 nitrogen and oxygen atoms in total. The van der Waals surface area contributed by atoms with Crippen LogP contribution in [0.4, 0.5) is 0 Å². The minimum absolute atomic E-state index is 0.128. The zero-order valence-electron chi connectivity index (χ0n) is 12.2. The van der Waals surface area contributed by atoms with Crippen molar-refractivity contribution < 1.29 is 14.4 Å². The summed E-state index contributed by atoms with van der Waals surface area (Å²) >= 11 is 5.97. The summed E-state index contributed by atoms with van der Waals surface area (Å²) in [6.07, 6.45) is 0. The van der Waals surface area contributed by atoms with Gasteiger partial charge in [-0.3, -0.25) is 19.3 Å². The predicted molar refractivity (Wildman–Crippen MR) is 79.3 cm³/mol. The fourth-order valence-electron chi connectivity index (χ4n) is 2.04. The van der Waals surface area contributed by atoms with Gasteiger partial charge in [-0.15, -0.1) is 0 Å². The molecule has 1 aliphatic rings. The Bertz CT molecular complexity index is 620. The van der Waals surface area contributed by atoms with Crippen LogP contribution in [0.2, 0.25) is 5.02 Å². The van der Waals surface area contributed by atoms with Crippen LogP contribution in [0.15, 0.2) is 18.2 Å². The minimum atomic E-state index is -0.509. The lowest BCUT2D eigenvalue weighted by Crippen LogP contribution is -2.41. The van der Waals surface area contributed by atoms with E-state index in [9.17, 15) is 14.4 Å². The van der Waals surface area contributed by atoms with Gasteiger partial charge in [-0.05, 0) is 12.1 Å². The van der Waals surface area contributed by atoms with Gasteiger partial charge in [0.1, 0.15) is 0 Å². The van der Waals surface area contributed by atoms with Gasteiger partial charge in [0.15, 0.2) is 0 Å². The third-order valence-electron chi connectivity index (χ3n) is 3.25. The van der Waals surface area contributed by atoms with Gasteiger partial charge in [0.2, 0.25) is 5.91 Å². The van der Waals surface area contributed by atoms with E-state index >= 15 is 0 Å². The second-order valence-electron chi connectivity index (χ2n) is 5.93. The van der Waals surface area contributed by atoms with Gasteiger partial charge < -0.3 is 5.32 Å². The normalized spacial score (nSPS) is 14.4. The molecule has 0 saturated carbocycles. The van der Waals surface area contributed by atoms with Crippen LogP contribution in [0, 0.1) is 5.41 Å². The largest absolute Gasteiger partial charge is 0.354 e. The second kappa shape index (κ2) is 5.48. The van der Waals surface area contributed by atoms with Gasteiger partial charge in [0, 0.05) is 18.5 Å². The van der Waals surface area contributed by atoms with Crippen molar-refractivity contribution in [3.63, 3.8) is 0 Å². The van der Waals surface area contributed by atoms with Gasteiger partial charge in [0.25, 0.3) is 11.8 Å². The highest BCUT2D eigenvalue weighted by molar-refractivity contribution is 6.37. The van der Waals surface area contributed by atoms with Gasteiger partial charge in [-0.1, -0.05) is 38.4 Å². The zero-order chi connectivity index (χ0) is 15.8. The van der Waals surface area contributed by atoms with Gasteiger partial charge >= 0.3 is 0 Å². The Hall–Kier alpha value is -1.88. The van der Waals surface area contributed by atoms with Crippen molar-refractivity contribution in [2.45, 2.75) is 20.8 Å². The number of hydrogen-bond acceptors (Lipinski definition) is 3. The molecule has 1 aromatic carbocycles. The maximum absolute atomic E-state index is 12.2. The molecular weight excluding hydrogens is 292 g/mol. The number of benzene rings is 1. The van der Waals surface area contributed by atoms with Crippen LogP contribution >= 0.6 is 11.6 Å². The number of imide groups is 1. The molecule has 0 atom stereocenters. The van der Waals surface area contributed by atoms with Crippen molar-refractivity contribution >= 4 is 29.3 Å². The van der Waals surface area contributed by atoms with Crippen LogP contribution in [0.3, 0.4) is 0 Å². The summed E-state index contributed by atoms with van der Waals surface area (Å²) in [4.78, 5) is 37.2. The lowest BCUT2D eigenvalue weighted by atomic mass is 9.96. The molecule has 0 bridgehead atoms. The lowest BCUT2D eigenvalue weighted by molar-refractivity contribution is -0.128. The van der Waals surface area contributed by atoms with E-state index in [2.05, 4.69) is 5.32 Å². The number of hydrogen-bond donors (Lipinski definition) is 1. The summed E-state index contributed by atoms with van der Waals surface area (Å²) in [6.45, 7) is 5.74. The van der Waals surface area contributed by atoms with Crippen LogP contribution in [0.1, 0.15) is 41.5 Å². The molecule has 112 valence electrons. The highest BCUT2D eigenvalue weighted by Crippen LogP contribution is 2.28. The molecule has 3 amide bonds. The van der Waals surface area contributed by atoms with Gasteiger partial charge in [-0.25, -0.2) is 0 Å². The Balaban J connectivity index is 2.05. The van der Waals surface area contributed by atoms with Crippen LogP contribution < -0.4 is 5.32 Å². The summed E-state index contributed by atoms with van der Waals surface area (Å²) in [6, 6.07) is 4.79. The van der Waals surface area contributed by atoms with Crippen molar-refractivity contribution in [1.29, 1.82) is 0 Å². The summed E-state index contributed by atoms with van der Waals surface area (Å²) in [5, 5.41) is 2.98. The SMILES string of the molecule is CC(C)(C)C(=O)NCCN1C(=O)c2cccc(Cl)c2C1=O. The Morgan fingerprint density at radius 3 is 2.48 bits per heavy atom. The van der Waals surface area contributed by atoms with Gasteiger partial charge in [0.05, 0.1) is 16.1 Å². The maximum Gasteiger partial charge on any atom is 0.263 e. The van der Waals surface area contributed by atoms with Gasteiger partial charge in [-0.2, -0.15) is 0 Å². The van der Waals surface area contributed by atoms with Crippen LogP contribution in [-0.4, -0.2) is 35.7 Å². The van der Waals surface area contributed by atoms with E-state index in [1.807, 2.05) is 0 Å². The molecule has 0 fully saturated rings. The monoisotopic (exact) mass is 308 g/mol. The summed E-state index contributed by atoms with van der Waals surface area (Å²) in [7, 11) is 0.